The molecule has 1 aromatic rings. The maximum absolute atomic E-state index is 12.0. The van der Waals surface area contributed by atoms with E-state index in [2.05, 4.69) is 15.1 Å². The molecule has 1 N–H and O–H groups in total. The number of rotatable bonds is 4. The monoisotopic (exact) mass is 327 g/mol. The van der Waals surface area contributed by atoms with E-state index in [9.17, 15) is 9.59 Å². The van der Waals surface area contributed by atoms with Gasteiger partial charge in [-0.25, -0.2) is 25.0 Å². The smallest absolute Gasteiger partial charge is 0.426 e. The lowest BCUT2D eigenvalue weighted by Crippen LogP contribution is -2.48. The first-order valence-corrected chi connectivity index (χ1v) is 7.22. The molecule has 0 fully saturated rings. The predicted octanol–water partition coefficient (Wildman–Crippen LogP) is 2.75. The van der Waals surface area contributed by atoms with Crippen molar-refractivity contribution in [1.29, 1.82) is 0 Å². The fourth-order valence-electron chi connectivity index (χ4n) is 1.63. The lowest BCUT2D eigenvalue weighted by atomic mass is 9.97. The minimum absolute atomic E-state index is 0.159. The first-order valence-electron chi connectivity index (χ1n) is 7.22. The van der Waals surface area contributed by atoms with Crippen LogP contribution in [0.3, 0.4) is 0 Å². The zero-order valence-corrected chi connectivity index (χ0v) is 14.7. The van der Waals surface area contributed by atoms with E-state index in [0.717, 1.165) is 0 Å². The molecule has 1 aromatic heterocycles. The highest BCUT2D eigenvalue weighted by Crippen LogP contribution is 2.21. The molecular formula is C15H25N3O5. The van der Waals surface area contributed by atoms with Gasteiger partial charge < -0.3 is 13.9 Å². The van der Waals surface area contributed by atoms with Gasteiger partial charge >= 0.3 is 18.0 Å². The van der Waals surface area contributed by atoms with E-state index in [0.29, 0.717) is 6.54 Å². The maximum atomic E-state index is 12.0. The van der Waals surface area contributed by atoms with Crippen molar-refractivity contribution in [1.82, 2.24) is 10.4 Å². The average molecular weight is 327 g/mol. The zero-order valence-electron chi connectivity index (χ0n) is 14.7. The summed E-state index contributed by atoms with van der Waals surface area (Å²) in [4.78, 5) is 27.3. The highest BCUT2D eigenvalue weighted by atomic mass is 16.6. The summed E-state index contributed by atoms with van der Waals surface area (Å²) < 4.78 is 15.1. The largest absolute Gasteiger partial charge is 0.462 e. The van der Waals surface area contributed by atoms with Crippen molar-refractivity contribution in [3.8, 4) is 0 Å². The van der Waals surface area contributed by atoms with E-state index < -0.39 is 17.7 Å². The van der Waals surface area contributed by atoms with Crippen molar-refractivity contribution in [2.45, 2.75) is 47.1 Å². The van der Waals surface area contributed by atoms with Gasteiger partial charge in [0.2, 0.25) is 5.88 Å². The van der Waals surface area contributed by atoms with Crippen molar-refractivity contribution in [3.63, 3.8) is 0 Å². The molecule has 0 saturated heterocycles. The van der Waals surface area contributed by atoms with Crippen molar-refractivity contribution in [3.05, 3.63) is 12.1 Å². The molecule has 0 atom stereocenters. The first kappa shape index (κ1) is 18.8. The van der Waals surface area contributed by atoms with Gasteiger partial charge in [0.1, 0.15) is 5.60 Å². The average Bonchev–Trinajstić information content (AvgIpc) is 2.82. The zero-order chi connectivity index (χ0) is 17.8. The molecule has 0 bridgehead atoms. The molecule has 0 saturated carbocycles. The fraction of sp³-hybridized carbons (Fsp3) is 0.667. The number of esters is 1. The summed E-state index contributed by atoms with van der Waals surface area (Å²) in [6, 6.07) is 0. The van der Waals surface area contributed by atoms with Crippen LogP contribution in [0.2, 0.25) is 0 Å². The summed E-state index contributed by atoms with van der Waals surface area (Å²) in [6.07, 6.45) is 0.716. The van der Waals surface area contributed by atoms with E-state index in [1.54, 1.807) is 20.8 Å². The second-order valence-corrected chi connectivity index (χ2v) is 7.26. The molecule has 0 aliphatic rings. The summed E-state index contributed by atoms with van der Waals surface area (Å²) in [6.45, 7) is 11.7. The summed E-state index contributed by atoms with van der Waals surface area (Å²) in [5.74, 6) is -0.664. The third-order valence-electron chi connectivity index (χ3n) is 2.38. The Morgan fingerprint density at radius 3 is 2.35 bits per heavy atom. The number of ether oxygens (including phenoxy) is 2. The van der Waals surface area contributed by atoms with Crippen LogP contribution in [0, 0.1) is 5.41 Å². The molecule has 130 valence electrons. The second-order valence-electron chi connectivity index (χ2n) is 7.26. The molecule has 1 amide bonds. The third-order valence-corrected chi connectivity index (χ3v) is 2.38. The van der Waals surface area contributed by atoms with Crippen molar-refractivity contribution >= 4 is 17.9 Å². The number of anilines is 1. The summed E-state index contributed by atoms with van der Waals surface area (Å²) in [5, 5.41) is 1.45. The van der Waals surface area contributed by atoms with Gasteiger partial charge in [-0.3, -0.25) is 0 Å². The number of hydrogen-bond acceptors (Lipinski definition) is 7. The molecular weight excluding hydrogens is 302 g/mol. The molecule has 1 rings (SSSR count). The van der Waals surface area contributed by atoms with Gasteiger partial charge in [0.25, 0.3) is 0 Å². The van der Waals surface area contributed by atoms with Gasteiger partial charge in [-0.15, -0.1) is 0 Å². The van der Waals surface area contributed by atoms with Crippen LogP contribution in [0.25, 0.3) is 0 Å². The highest BCUT2D eigenvalue weighted by Gasteiger charge is 2.25. The molecule has 0 radical (unpaired) electrons. The number of hydrogen-bond donors (Lipinski definition) is 1. The molecule has 0 aromatic carbocycles. The Kier molecular flexibility index (Phi) is 5.63. The third kappa shape index (κ3) is 6.58. The summed E-state index contributed by atoms with van der Waals surface area (Å²) >= 11 is 0. The predicted molar refractivity (Wildman–Crippen MR) is 84.0 cm³/mol. The molecule has 1 heterocycles. The molecule has 8 nitrogen and oxygen atoms in total. The lowest BCUT2D eigenvalue weighted by molar-refractivity contribution is 0.0514. The summed E-state index contributed by atoms with van der Waals surface area (Å²) in [7, 11) is 1.23. The van der Waals surface area contributed by atoms with E-state index in [-0.39, 0.29) is 17.2 Å². The van der Waals surface area contributed by atoms with Crippen molar-refractivity contribution in [2.75, 3.05) is 18.7 Å². The molecule has 0 spiro atoms. The first-order chi connectivity index (χ1) is 10.4. The van der Waals surface area contributed by atoms with Crippen LogP contribution >= 0.6 is 0 Å². The quantitative estimate of drug-likeness (QED) is 0.671. The van der Waals surface area contributed by atoms with Gasteiger partial charge in [-0.2, -0.15) is 0 Å². The van der Waals surface area contributed by atoms with E-state index in [1.165, 1.54) is 18.3 Å². The Bertz CT molecular complexity index is 554. The topological polar surface area (TPSA) is 93.9 Å². The number of methoxy groups -OCH3 is 1. The Morgan fingerprint density at radius 2 is 1.87 bits per heavy atom. The Labute approximate surface area is 136 Å². The lowest BCUT2D eigenvalue weighted by Gasteiger charge is -2.30. The molecule has 0 aliphatic carbocycles. The highest BCUT2D eigenvalue weighted by molar-refractivity contribution is 5.84. The Hall–Kier alpha value is -2.25. The van der Waals surface area contributed by atoms with Crippen LogP contribution in [0.5, 0.6) is 0 Å². The van der Waals surface area contributed by atoms with Gasteiger partial charge in [0.15, 0.2) is 0 Å². The number of carbonyl (C=O) groups is 2. The number of carbonyl (C=O) groups excluding carboxylic acids is 2. The number of nitrogens with one attached hydrogen (secondary N) is 1. The maximum Gasteiger partial charge on any atom is 0.426 e. The van der Waals surface area contributed by atoms with Crippen LogP contribution in [-0.4, -0.2) is 36.3 Å². The van der Waals surface area contributed by atoms with Crippen molar-refractivity contribution in [2.24, 2.45) is 5.41 Å². The Balaban J connectivity index is 2.94. The van der Waals surface area contributed by atoms with Crippen LogP contribution in [-0.2, 0) is 9.47 Å². The van der Waals surface area contributed by atoms with Gasteiger partial charge in [-0.05, 0) is 26.2 Å². The number of amides is 1. The molecule has 0 unspecified atom stereocenters. The van der Waals surface area contributed by atoms with Gasteiger partial charge in [0, 0.05) is 6.54 Å². The summed E-state index contributed by atoms with van der Waals surface area (Å²) in [5.41, 5.74) is 1.81. The fourth-order valence-corrected chi connectivity index (χ4v) is 1.63. The van der Waals surface area contributed by atoms with Crippen LogP contribution < -0.4 is 10.4 Å². The van der Waals surface area contributed by atoms with Gasteiger partial charge in [-0.1, -0.05) is 20.8 Å². The molecule has 23 heavy (non-hydrogen) atoms. The van der Waals surface area contributed by atoms with E-state index in [4.69, 9.17) is 9.15 Å². The van der Waals surface area contributed by atoms with Crippen LogP contribution in [0.1, 0.15) is 52.2 Å². The number of aromatic nitrogens is 1. The normalized spacial score (nSPS) is 11.8. The molecule has 0 aliphatic heterocycles. The van der Waals surface area contributed by atoms with Crippen LogP contribution in [0.4, 0.5) is 10.7 Å². The number of hydrazine groups is 1. The van der Waals surface area contributed by atoms with Gasteiger partial charge in [0.05, 0.1) is 13.3 Å². The van der Waals surface area contributed by atoms with E-state index >= 15 is 0 Å². The van der Waals surface area contributed by atoms with Crippen molar-refractivity contribution < 1.29 is 23.5 Å². The minimum Gasteiger partial charge on any atom is -0.462 e. The minimum atomic E-state index is -0.691. The number of oxazole rings is 1. The van der Waals surface area contributed by atoms with Crippen LogP contribution in [0.15, 0.2) is 10.6 Å². The van der Waals surface area contributed by atoms with E-state index in [1.807, 2.05) is 20.8 Å². The standard InChI is InChI=1S/C15H25N3O5/c1-14(2,3)9-18(17-13(20)23-15(4,5)6)10-8-16-11(22-10)12(19)21-7/h8H,9H2,1-7H3,(H,17,20). The SMILES string of the molecule is COC(=O)c1ncc(N(CC(C)(C)C)NC(=O)OC(C)(C)C)o1. The molecule has 8 heteroatoms. The number of nitrogens with zero attached hydrogens (tertiary/aromatic N) is 2. The second kappa shape index (κ2) is 6.89. The Morgan fingerprint density at radius 1 is 1.26 bits per heavy atom.